The number of nitrogens with zero attached hydrogens (tertiary/aromatic N) is 1. The van der Waals surface area contributed by atoms with Crippen molar-refractivity contribution in [2.75, 3.05) is 18.9 Å². The van der Waals surface area contributed by atoms with Crippen LogP contribution in [0.2, 0.25) is 0 Å². The molecular formula is C9H12BrNOS. The second-order valence-corrected chi connectivity index (χ2v) is 4.56. The number of hydrogen-bond donors (Lipinski definition) is 0. The van der Waals surface area contributed by atoms with Crippen LogP contribution in [0, 0.1) is 6.92 Å². The number of thiophene rings is 1. The van der Waals surface area contributed by atoms with Crippen molar-refractivity contribution in [3.63, 3.8) is 0 Å². The predicted octanol–water partition coefficient (Wildman–Crippen LogP) is 2.52. The third-order valence-electron chi connectivity index (χ3n) is 1.82. The topological polar surface area (TPSA) is 20.3 Å². The normalized spacial score (nSPS) is 10.1. The van der Waals surface area contributed by atoms with Gasteiger partial charge in [0.25, 0.3) is 5.91 Å². The van der Waals surface area contributed by atoms with E-state index in [1.54, 1.807) is 4.90 Å². The Bertz CT molecular complexity index is 298. The molecule has 0 aliphatic carbocycles. The lowest BCUT2D eigenvalue weighted by Gasteiger charge is -2.14. The van der Waals surface area contributed by atoms with Gasteiger partial charge in [-0.2, -0.15) is 0 Å². The van der Waals surface area contributed by atoms with Crippen LogP contribution in [0.3, 0.4) is 0 Å². The van der Waals surface area contributed by atoms with Crippen LogP contribution < -0.4 is 0 Å². The van der Waals surface area contributed by atoms with E-state index in [0.29, 0.717) is 0 Å². The van der Waals surface area contributed by atoms with Crippen molar-refractivity contribution in [3.8, 4) is 0 Å². The Balaban J connectivity index is 2.73. The Labute approximate surface area is 90.7 Å². The number of halogens is 1. The van der Waals surface area contributed by atoms with Gasteiger partial charge in [-0.1, -0.05) is 15.9 Å². The number of carbonyl (C=O) groups is 1. The van der Waals surface area contributed by atoms with E-state index in [1.807, 2.05) is 25.4 Å². The molecule has 4 heteroatoms. The molecule has 0 aliphatic rings. The SMILES string of the molecule is Cc1ccsc1C(=O)N(C)CCBr. The summed E-state index contributed by atoms with van der Waals surface area (Å²) >= 11 is 4.81. The van der Waals surface area contributed by atoms with Gasteiger partial charge in [0.05, 0.1) is 4.88 Å². The minimum atomic E-state index is 0.118. The van der Waals surface area contributed by atoms with Crippen molar-refractivity contribution in [2.45, 2.75) is 6.92 Å². The predicted molar refractivity (Wildman–Crippen MR) is 59.8 cm³/mol. The van der Waals surface area contributed by atoms with Gasteiger partial charge < -0.3 is 4.90 Å². The van der Waals surface area contributed by atoms with Gasteiger partial charge in [-0.3, -0.25) is 4.79 Å². The fourth-order valence-corrected chi connectivity index (χ4v) is 2.44. The minimum absolute atomic E-state index is 0.118. The first kappa shape index (κ1) is 10.7. The van der Waals surface area contributed by atoms with Gasteiger partial charge >= 0.3 is 0 Å². The molecule has 0 N–H and O–H groups in total. The van der Waals surface area contributed by atoms with Gasteiger partial charge in [0.1, 0.15) is 0 Å². The first-order valence-corrected chi connectivity index (χ1v) is 6.02. The lowest BCUT2D eigenvalue weighted by molar-refractivity contribution is 0.0808. The van der Waals surface area contributed by atoms with Crippen LogP contribution >= 0.6 is 27.3 Å². The highest BCUT2D eigenvalue weighted by atomic mass is 79.9. The Hall–Kier alpha value is -0.350. The van der Waals surface area contributed by atoms with Crippen LogP contribution in [0.15, 0.2) is 11.4 Å². The Morgan fingerprint density at radius 2 is 2.38 bits per heavy atom. The molecule has 0 aliphatic heterocycles. The average molecular weight is 262 g/mol. The lowest BCUT2D eigenvalue weighted by Crippen LogP contribution is -2.28. The molecule has 0 aromatic carbocycles. The maximum absolute atomic E-state index is 11.7. The van der Waals surface area contributed by atoms with Gasteiger partial charge in [0.2, 0.25) is 0 Å². The quantitative estimate of drug-likeness (QED) is 0.766. The first-order valence-electron chi connectivity index (χ1n) is 4.02. The fourth-order valence-electron chi connectivity index (χ4n) is 0.994. The summed E-state index contributed by atoms with van der Waals surface area (Å²) in [6.45, 7) is 2.71. The fraction of sp³-hybridized carbons (Fsp3) is 0.444. The second kappa shape index (κ2) is 4.77. The molecule has 1 heterocycles. The molecule has 0 fully saturated rings. The largest absolute Gasteiger partial charge is 0.340 e. The van der Waals surface area contributed by atoms with Gasteiger partial charge in [-0.05, 0) is 23.9 Å². The average Bonchev–Trinajstić information content (AvgIpc) is 2.50. The van der Waals surface area contributed by atoms with E-state index in [0.717, 1.165) is 22.3 Å². The van der Waals surface area contributed by atoms with E-state index < -0.39 is 0 Å². The molecule has 13 heavy (non-hydrogen) atoms. The zero-order valence-corrected chi connectivity index (χ0v) is 10.1. The molecule has 1 amide bonds. The summed E-state index contributed by atoms with van der Waals surface area (Å²) in [5.41, 5.74) is 1.07. The van der Waals surface area contributed by atoms with E-state index in [2.05, 4.69) is 15.9 Å². The number of hydrogen-bond acceptors (Lipinski definition) is 2. The highest BCUT2D eigenvalue weighted by Gasteiger charge is 2.14. The molecule has 0 spiro atoms. The van der Waals surface area contributed by atoms with Crippen LogP contribution in [0.25, 0.3) is 0 Å². The van der Waals surface area contributed by atoms with E-state index in [4.69, 9.17) is 0 Å². The first-order chi connectivity index (χ1) is 6.16. The molecule has 1 aromatic rings. The summed E-state index contributed by atoms with van der Waals surface area (Å²) in [5, 5.41) is 2.77. The molecule has 0 saturated carbocycles. The van der Waals surface area contributed by atoms with Crippen LogP contribution in [-0.2, 0) is 0 Å². The number of rotatable bonds is 3. The van der Waals surface area contributed by atoms with Crippen molar-refractivity contribution in [1.29, 1.82) is 0 Å². The Morgan fingerprint density at radius 3 is 2.85 bits per heavy atom. The van der Waals surface area contributed by atoms with Crippen LogP contribution in [0.5, 0.6) is 0 Å². The second-order valence-electron chi connectivity index (χ2n) is 2.85. The number of aryl methyl sites for hydroxylation is 1. The summed E-state index contributed by atoms with van der Waals surface area (Å²) in [5.74, 6) is 0.118. The number of alkyl halides is 1. The highest BCUT2D eigenvalue weighted by molar-refractivity contribution is 9.09. The van der Waals surface area contributed by atoms with E-state index in [9.17, 15) is 4.79 Å². The van der Waals surface area contributed by atoms with E-state index in [1.165, 1.54) is 11.3 Å². The summed E-state index contributed by atoms with van der Waals surface area (Å²) in [4.78, 5) is 14.3. The molecule has 0 radical (unpaired) electrons. The minimum Gasteiger partial charge on any atom is -0.340 e. The molecule has 2 nitrogen and oxygen atoms in total. The number of amides is 1. The standard InChI is InChI=1S/C9H12BrNOS/c1-7-3-6-13-8(7)9(12)11(2)5-4-10/h3,6H,4-5H2,1-2H3. The maximum atomic E-state index is 11.7. The van der Waals surface area contributed by atoms with Crippen LogP contribution in [0.4, 0.5) is 0 Å². The van der Waals surface area contributed by atoms with Crippen molar-refractivity contribution in [2.24, 2.45) is 0 Å². The third-order valence-corrected chi connectivity index (χ3v) is 3.18. The van der Waals surface area contributed by atoms with Crippen molar-refractivity contribution in [3.05, 3.63) is 21.9 Å². The summed E-state index contributed by atoms with van der Waals surface area (Å²) in [7, 11) is 1.82. The molecule has 0 unspecified atom stereocenters. The smallest absolute Gasteiger partial charge is 0.263 e. The monoisotopic (exact) mass is 261 g/mol. The van der Waals surface area contributed by atoms with Gasteiger partial charge in [0.15, 0.2) is 0 Å². The highest BCUT2D eigenvalue weighted by Crippen LogP contribution is 2.17. The van der Waals surface area contributed by atoms with Crippen LogP contribution in [-0.4, -0.2) is 29.7 Å². The molecule has 0 saturated heterocycles. The third kappa shape index (κ3) is 2.54. The van der Waals surface area contributed by atoms with Gasteiger partial charge in [-0.15, -0.1) is 11.3 Å². The Kier molecular flexibility index (Phi) is 3.93. The maximum Gasteiger partial charge on any atom is 0.263 e. The molecule has 0 bridgehead atoms. The van der Waals surface area contributed by atoms with E-state index in [-0.39, 0.29) is 5.91 Å². The van der Waals surface area contributed by atoms with Crippen molar-refractivity contribution >= 4 is 33.2 Å². The Morgan fingerprint density at radius 1 is 1.69 bits per heavy atom. The van der Waals surface area contributed by atoms with E-state index >= 15 is 0 Å². The van der Waals surface area contributed by atoms with Crippen molar-refractivity contribution in [1.82, 2.24) is 4.90 Å². The zero-order chi connectivity index (χ0) is 9.84. The zero-order valence-electron chi connectivity index (χ0n) is 7.71. The van der Waals surface area contributed by atoms with Gasteiger partial charge in [-0.25, -0.2) is 0 Å². The molecule has 0 atom stereocenters. The summed E-state index contributed by atoms with van der Waals surface area (Å²) in [6, 6.07) is 1.97. The van der Waals surface area contributed by atoms with Crippen LogP contribution in [0.1, 0.15) is 15.2 Å². The summed E-state index contributed by atoms with van der Waals surface area (Å²) in [6.07, 6.45) is 0. The summed E-state index contributed by atoms with van der Waals surface area (Å²) < 4.78 is 0. The number of carbonyl (C=O) groups excluding carboxylic acids is 1. The van der Waals surface area contributed by atoms with Crippen molar-refractivity contribution < 1.29 is 4.79 Å². The molecule has 1 aromatic heterocycles. The lowest BCUT2D eigenvalue weighted by atomic mass is 10.3. The molecule has 72 valence electrons. The van der Waals surface area contributed by atoms with Gasteiger partial charge in [0, 0.05) is 18.9 Å². The molecule has 1 rings (SSSR count). The molecular weight excluding hydrogens is 250 g/mol.